The maximum atomic E-state index is 12.6. The summed E-state index contributed by atoms with van der Waals surface area (Å²) in [5.41, 5.74) is -0.703. The molecule has 2 heterocycles. The zero-order valence-electron chi connectivity index (χ0n) is 16.9. The van der Waals surface area contributed by atoms with Gasteiger partial charge in [0, 0.05) is 19.8 Å². The number of carbonyl (C=O) groups is 4. The lowest BCUT2D eigenvalue weighted by Crippen LogP contribution is -2.71. The Morgan fingerprint density at radius 3 is 2.41 bits per heavy atom. The molecule has 0 spiro atoms. The van der Waals surface area contributed by atoms with Crippen molar-refractivity contribution in [3.05, 3.63) is 46.8 Å². The van der Waals surface area contributed by atoms with Crippen LogP contribution in [-0.4, -0.2) is 70.0 Å². The van der Waals surface area contributed by atoms with Gasteiger partial charge in [0.05, 0.1) is 17.7 Å². The summed E-state index contributed by atoms with van der Waals surface area (Å²) in [4.78, 5) is 50.8. The van der Waals surface area contributed by atoms with Crippen molar-refractivity contribution in [1.29, 1.82) is 0 Å². The first-order valence-electron chi connectivity index (χ1n) is 9.27. The highest BCUT2D eigenvalue weighted by atomic mass is 32.2. The Bertz CT molecular complexity index is 996. The van der Waals surface area contributed by atoms with Crippen LogP contribution in [0.15, 0.2) is 35.7 Å². The van der Waals surface area contributed by atoms with E-state index < -0.39 is 47.0 Å². The number of β-lactam (4-membered cyclic amide) rings is 1. The molecular formula is C19H19F3N4O5S. The third-order valence-electron chi connectivity index (χ3n) is 5.04. The van der Waals surface area contributed by atoms with Crippen LogP contribution in [0.1, 0.15) is 11.1 Å². The van der Waals surface area contributed by atoms with Crippen molar-refractivity contribution in [3.63, 3.8) is 0 Å². The number of alkyl halides is 3. The Morgan fingerprint density at radius 1 is 1.25 bits per heavy atom. The molecule has 3 rings (SSSR count). The predicted octanol–water partition coefficient (Wildman–Crippen LogP) is 1.22. The summed E-state index contributed by atoms with van der Waals surface area (Å²) in [6.45, 7) is 0. The molecule has 0 saturated carbocycles. The Labute approximate surface area is 184 Å². The summed E-state index contributed by atoms with van der Waals surface area (Å²) in [6, 6.07) is 2.56. The maximum Gasteiger partial charge on any atom is 0.416 e. The third kappa shape index (κ3) is 4.38. The van der Waals surface area contributed by atoms with E-state index in [4.69, 9.17) is 0 Å². The molecule has 4 amide bonds. The van der Waals surface area contributed by atoms with Crippen LogP contribution >= 0.6 is 11.8 Å². The molecule has 2 aliphatic rings. The number of carboxylic acids is 1. The van der Waals surface area contributed by atoms with Crippen molar-refractivity contribution in [2.45, 2.75) is 24.0 Å². The molecular weight excluding hydrogens is 453 g/mol. The van der Waals surface area contributed by atoms with Gasteiger partial charge in [0.1, 0.15) is 11.4 Å². The van der Waals surface area contributed by atoms with Crippen LogP contribution in [0.25, 0.3) is 0 Å². The zero-order chi connectivity index (χ0) is 23.8. The number of nitrogens with zero attached hydrogens (tertiary/aromatic N) is 2. The van der Waals surface area contributed by atoms with Crippen LogP contribution in [0.4, 0.5) is 18.0 Å². The van der Waals surface area contributed by atoms with E-state index in [9.17, 15) is 37.5 Å². The lowest BCUT2D eigenvalue weighted by molar-refractivity contribution is -0.150. The number of urea groups is 1. The van der Waals surface area contributed by atoms with Gasteiger partial charge in [-0.2, -0.15) is 13.2 Å². The maximum absolute atomic E-state index is 12.6. The minimum atomic E-state index is -4.49. The first-order valence-corrected chi connectivity index (χ1v) is 10.3. The first-order chi connectivity index (χ1) is 15.0. The number of hydrogen-bond acceptors (Lipinski definition) is 5. The number of amides is 4. The van der Waals surface area contributed by atoms with Crippen LogP contribution in [-0.2, 0) is 27.0 Å². The number of aliphatic carboxylic acids is 1. The summed E-state index contributed by atoms with van der Waals surface area (Å²) in [7, 11) is 2.77. The number of thioether (sulfide) groups is 1. The van der Waals surface area contributed by atoms with Gasteiger partial charge in [0.2, 0.25) is 5.91 Å². The van der Waals surface area contributed by atoms with E-state index in [0.29, 0.717) is 5.56 Å². The van der Waals surface area contributed by atoms with Gasteiger partial charge in [-0.15, -0.1) is 11.8 Å². The first kappa shape index (κ1) is 23.4. The Balaban J connectivity index is 1.70. The summed E-state index contributed by atoms with van der Waals surface area (Å²) < 4.78 is 37.9. The van der Waals surface area contributed by atoms with Crippen LogP contribution in [0, 0.1) is 0 Å². The average molecular weight is 472 g/mol. The largest absolute Gasteiger partial charge is 0.477 e. The van der Waals surface area contributed by atoms with Crippen LogP contribution in [0.3, 0.4) is 0 Å². The molecule has 13 heteroatoms. The van der Waals surface area contributed by atoms with Crippen molar-refractivity contribution < 1.29 is 37.5 Å². The lowest BCUT2D eigenvalue weighted by atomic mass is 10.0. The molecule has 0 bridgehead atoms. The fraction of sp³-hybridized carbons (Fsp3) is 0.368. The van der Waals surface area contributed by atoms with Crippen molar-refractivity contribution in [2.75, 3.05) is 19.8 Å². The monoisotopic (exact) mass is 472 g/mol. The second-order valence-electron chi connectivity index (χ2n) is 7.04. The Kier molecular flexibility index (Phi) is 6.39. The fourth-order valence-corrected chi connectivity index (χ4v) is 4.77. The zero-order valence-corrected chi connectivity index (χ0v) is 17.7. The molecule has 9 nitrogen and oxygen atoms in total. The molecule has 1 saturated heterocycles. The molecule has 0 radical (unpaired) electrons. The lowest BCUT2D eigenvalue weighted by Gasteiger charge is -2.50. The molecule has 32 heavy (non-hydrogen) atoms. The number of hydrogen-bond donors (Lipinski definition) is 3. The molecule has 1 fully saturated rings. The van der Waals surface area contributed by atoms with Gasteiger partial charge in [-0.05, 0) is 17.7 Å². The van der Waals surface area contributed by atoms with Crippen LogP contribution in [0.2, 0.25) is 0 Å². The van der Waals surface area contributed by atoms with Gasteiger partial charge in [-0.3, -0.25) is 19.4 Å². The van der Waals surface area contributed by atoms with Gasteiger partial charge in [-0.25, -0.2) is 9.59 Å². The van der Waals surface area contributed by atoms with E-state index in [1.807, 2.05) is 0 Å². The molecule has 3 N–H and O–H groups in total. The molecule has 2 aliphatic heterocycles. The molecule has 2 atom stereocenters. The summed E-state index contributed by atoms with van der Waals surface area (Å²) >= 11 is 1.19. The number of fused-ring (bicyclic) bond motifs is 1. The number of carboxylic acid groups (broad SMARTS) is 1. The Hall–Kier alpha value is -3.22. The standard InChI is InChI=1S/C19H19F3N4O5S/c1-23-18(31)25(2)11-8-32-16-13(15(28)26(16)14(11)17(29)30)24-12(27)7-9-3-5-10(6-4-9)19(20,21)22/h3-6,13,16H,7-8H2,1-2H3,(H,23,31)(H,24,27)(H,29,30)/t13?,16-/m0/s1. The van der Waals surface area contributed by atoms with E-state index in [0.717, 1.165) is 21.9 Å². The highest BCUT2D eigenvalue weighted by Crippen LogP contribution is 2.41. The summed E-state index contributed by atoms with van der Waals surface area (Å²) in [5, 5.41) is 13.8. The molecule has 0 aromatic heterocycles. The quantitative estimate of drug-likeness (QED) is 0.555. The highest BCUT2D eigenvalue weighted by Gasteiger charge is 2.54. The molecule has 1 aromatic rings. The second kappa shape index (κ2) is 8.73. The molecule has 0 aliphatic carbocycles. The average Bonchev–Trinajstić information content (AvgIpc) is 2.74. The SMILES string of the molecule is CNC(=O)N(C)C1=C(C(=O)O)N2C(=O)C(NC(=O)Cc3ccc(C(F)(F)F)cc3)[C@@H]2SC1. The smallest absolute Gasteiger partial charge is 0.416 e. The third-order valence-corrected chi connectivity index (χ3v) is 6.30. The van der Waals surface area contributed by atoms with Gasteiger partial charge >= 0.3 is 18.2 Å². The Morgan fingerprint density at radius 2 is 1.88 bits per heavy atom. The number of benzene rings is 1. The van der Waals surface area contributed by atoms with Gasteiger partial charge in [0.15, 0.2) is 5.70 Å². The minimum Gasteiger partial charge on any atom is -0.477 e. The fourth-order valence-electron chi connectivity index (χ4n) is 3.37. The second-order valence-corrected chi connectivity index (χ2v) is 8.15. The summed E-state index contributed by atoms with van der Waals surface area (Å²) in [5.74, 6) is -2.50. The van der Waals surface area contributed by atoms with Crippen molar-refractivity contribution in [2.24, 2.45) is 0 Å². The molecule has 1 unspecified atom stereocenters. The number of carbonyl (C=O) groups excluding carboxylic acids is 3. The number of rotatable bonds is 5. The topological polar surface area (TPSA) is 119 Å². The van der Waals surface area contributed by atoms with E-state index in [-0.39, 0.29) is 23.6 Å². The van der Waals surface area contributed by atoms with E-state index in [1.54, 1.807) is 0 Å². The van der Waals surface area contributed by atoms with E-state index in [1.165, 1.54) is 38.0 Å². The summed E-state index contributed by atoms with van der Waals surface area (Å²) in [6.07, 6.45) is -4.73. The van der Waals surface area contributed by atoms with Crippen molar-refractivity contribution in [1.82, 2.24) is 20.4 Å². The highest BCUT2D eigenvalue weighted by molar-refractivity contribution is 8.00. The van der Waals surface area contributed by atoms with Crippen LogP contribution in [0.5, 0.6) is 0 Å². The van der Waals surface area contributed by atoms with Crippen molar-refractivity contribution in [3.8, 4) is 0 Å². The number of halogens is 3. The normalized spacial score (nSPS) is 20.3. The van der Waals surface area contributed by atoms with Gasteiger partial charge in [0.25, 0.3) is 5.91 Å². The predicted molar refractivity (Wildman–Crippen MR) is 107 cm³/mol. The van der Waals surface area contributed by atoms with Crippen LogP contribution < -0.4 is 10.6 Å². The minimum absolute atomic E-state index is 0.116. The van der Waals surface area contributed by atoms with Gasteiger partial charge < -0.3 is 15.7 Å². The van der Waals surface area contributed by atoms with E-state index in [2.05, 4.69) is 10.6 Å². The number of nitrogens with one attached hydrogen (secondary N) is 2. The van der Waals surface area contributed by atoms with Crippen molar-refractivity contribution >= 4 is 35.6 Å². The van der Waals surface area contributed by atoms with Gasteiger partial charge in [-0.1, -0.05) is 12.1 Å². The molecule has 172 valence electrons. The van der Waals surface area contributed by atoms with E-state index >= 15 is 0 Å². The molecule has 1 aromatic carbocycles.